The maximum atomic E-state index is 4.63. The number of aromatic nitrogens is 1. The second-order valence-electron chi connectivity index (χ2n) is 4.95. The Hall–Kier alpha value is -0.610. The van der Waals surface area contributed by atoms with Crippen LogP contribution < -0.4 is 10.2 Å². The lowest BCUT2D eigenvalue weighted by atomic mass is 10.2. The van der Waals surface area contributed by atoms with Crippen molar-refractivity contribution in [3.63, 3.8) is 0 Å². The van der Waals surface area contributed by atoms with E-state index in [0.717, 1.165) is 31.2 Å². The second-order valence-corrected chi connectivity index (χ2v) is 6.01. The topological polar surface area (TPSA) is 28.2 Å². The molecule has 17 heavy (non-hydrogen) atoms. The maximum Gasteiger partial charge on any atom is 0.185 e. The molecule has 0 saturated heterocycles. The Balaban J connectivity index is 2.55. The van der Waals surface area contributed by atoms with Crippen molar-refractivity contribution in [2.24, 2.45) is 5.92 Å². The number of nitrogens with zero attached hydrogens (tertiary/aromatic N) is 2. The summed E-state index contributed by atoms with van der Waals surface area (Å²) < 4.78 is 0. The lowest BCUT2D eigenvalue weighted by molar-refractivity contribution is 0.554. The first-order chi connectivity index (χ1) is 8.04. The van der Waals surface area contributed by atoms with Crippen LogP contribution in [-0.4, -0.2) is 25.1 Å². The third-order valence-corrected chi connectivity index (χ3v) is 3.88. The third kappa shape index (κ3) is 4.64. The van der Waals surface area contributed by atoms with Crippen molar-refractivity contribution in [1.29, 1.82) is 0 Å². The molecule has 1 aromatic heterocycles. The number of thiazole rings is 1. The standard InChI is InChI=1S/C13H25N3S/c1-6-7-16(5)13-15-11(4)12(17-13)9-14-8-10(2)3/h10,14H,6-9H2,1-5H3. The van der Waals surface area contributed by atoms with Crippen LogP contribution in [0.25, 0.3) is 0 Å². The van der Waals surface area contributed by atoms with Gasteiger partial charge in [0.1, 0.15) is 0 Å². The fourth-order valence-electron chi connectivity index (χ4n) is 1.65. The van der Waals surface area contributed by atoms with Crippen LogP contribution in [0.4, 0.5) is 5.13 Å². The van der Waals surface area contributed by atoms with Crippen LogP contribution in [0.5, 0.6) is 0 Å². The van der Waals surface area contributed by atoms with Crippen LogP contribution in [0.15, 0.2) is 0 Å². The molecule has 0 atom stereocenters. The van der Waals surface area contributed by atoms with E-state index in [-0.39, 0.29) is 0 Å². The Kier molecular flexibility index (Phi) is 5.92. The fraction of sp³-hybridized carbons (Fsp3) is 0.769. The summed E-state index contributed by atoms with van der Waals surface area (Å²) in [6.45, 7) is 11.8. The fourth-order valence-corrected chi connectivity index (χ4v) is 2.66. The number of anilines is 1. The molecule has 0 bridgehead atoms. The summed E-state index contributed by atoms with van der Waals surface area (Å²) in [6.07, 6.45) is 1.16. The molecule has 0 aliphatic rings. The molecule has 1 heterocycles. The van der Waals surface area contributed by atoms with Gasteiger partial charge in [-0.15, -0.1) is 11.3 Å². The Morgan fingerprint density at radius 1 is 1.41 bits per heavy atom. The highest BCUT2D eigenvalue weighted by Crippen LogP contribution is 2.25. The Labute approximate surface area is 109 Å². The Bertz CT molecular complexity index is 333. The van der Waals surface area contributed by atoms with Gasteiger partial charge in [-0.2, -0.15) is 0 Å². The second kappa shape index (κ2) is 6.97. The van der Waals surface area contributed by atoms with Gasteiger partial charge >= 0.3 is 0 Å². The number of hydrogen-bond donors (Lipinski definition) is 1. The molecule has 0 saturated carbocycles. The molecule has 0 fully saturated rings. The molecule has 1 rings (SSSR count). The van der Waals surface area contributed by atoms with E-state index in [0.29, 0.717) is 5.92 Å². The van der Waals surface area contributed by atoms with Crippen molar-refractivity contribution in [2.45, 2.75) is 40.7 Å². The average Bonchev–Trinajstić information content (AvgIpc) is 2.60. The van der Waals surface area contributed by atoms with Gasteiger partial charge in [0, 0.05) is 25.0 Å². The van der Waals surface area contributed by atoms with Gasteiger partial charge in [-0.25, -0.2) is 4.98 Å². The number of nitrogens with one attached hydrogen (secondary N) is 1. The highest BCUT2D eigenvalue weighted by atomic mass is 32.1. The normalized spacial score (nSPS) is 11.2. The summed E-state index contributed by atoms with van der Waals surface area (Å²) in [4.78, 5) is 8.24. The Morgan fingerprint density at radius 2 is 2.12 bits per heavy atom. The van der Waals surface area contributed by atoms with Crippen LogP contribution in [-0.2, 0) is 6.54 Å². The van der Waals surface area contributed by atoms with Gasteiger partial charge in [0.15, 0.2) is 5.13 Å². The zero-order chi connectivity index (χ0) is 12.8. The van der Waals surface area contributed by atoms with Gasteiger partial charge in [0.25, 0.3) is 0 Å². The number of aryl methyl sites for hydroxylation is 1. The minimum Gasteiger partial charge on any atom is -0.351 e. The van der Waals surface area contributed by atoms with Crippen molar-refractivity contribution in [3.05, 3.63) is 10.6 Å². The summed E-state index contributed by atoms with van der Waals surface area (Å²) in [6, 6.07) is 0. The number of rotatable bonds is 7. The third-order valence-electron chi connectivity index (χ3n) is 2.61. The molecule has 1 N–H and O–H groups in total. The molecule has 98 valence electrons. The number of hydrogen-bond acceptors (Lipinski definition) is 4. The van der Waals surface area contributed by atoms with E-state index in [1.165, 1.54) is 10.6 Å². The van der Waals surface area contributed by atoms with E-state index in [9.17, 15) is 0 Å². The molecule has 0 aromatic carbocycles. The van der Waals surface area contributed by atoms with Crippen molar-refractivity contribution in [2.75, 3.05) is 25.0 Å². The average molecular weight is 255 g/mol. The molecule has 0 radical (unpaired) electrons. The van der Waals surface area contributed by atoms with E-state index >= 15 is 0 Å². The quantitative estimate of drug-likeness (QED) is 0.811. The van der Waals surface area contributed by atoms with Crippen molar-refractivity contribution >= 4 is 16.5 Å². The molecule has 0 aliphatic heterocycles. The van der Waals surface area contributed by atoms with E-state index < -0.39 is 0 Å². The lowest BCUT2D eigenvalue weighted by Gasteiger charge is -2.13. The smallest absolute Gasteiger partial charge is 0.185 e. The highest BCUT2D eigenvalue weighted by molar-refractivity contribution is 7.15. The van der Waals surface area contributed by atoms with Gasteiger partial charge in [-0.1, -0.05) is 20.8 Å². The lowest BCUT2D eigenvalue weighted by Crippen LogP contribution is -2.18. The van der Waals surface area contributed by atoms with Gasteiger partial charge in [-0.3, -0.25) is 0 Å². The Morgan fingerprint density at radius 3 is 2.71 bits per heavy atom. The molecule has 1 aromatic rings. The summed E-state index contributed by atoms with van der Waals surface area (Å²) in [5.74, 6) is 0.700. The van der Waals surface area contributed by atoms with Gasteiger partial charge < -0.3 is 10.2 Å². The first kappa shape index (κ1) is 14.5. The van der Waals surface area contributed by atoms with Crippen molar-refractivity contribution in [1.82, 2.24) is 10.3 Å². The molecular weight excluding hydrogens is 230 g/mol. The molecule has 0 unspecified atom stereocenters. The maximum absolute atomic E-state index is 4.63. The minimum absolute atomic E-state index is 0.700. The van der Waals surface area contributed by atoms with Crippen LogP contribution in [0.1, 0.15) is 37.8 Å². The zero-order valence-electron chi connectivity index (χ0n) is 11.7. The molecule has 0 aliphatic carbocycles. The first-order valence-electron chi connectivity index (χ1n) is 6.42. The molecular formula is C13H25N3S. The first-order valence-corrected chi connectivity index (χ1v) is 7.24. The van der Waals surface area contributed by atoms with Crippen LogP contribution in [0, 0.1) is 12.8 Å². The van der Waals surface area contributed by atoms with E-state index in [1.807, 2.05) is 11.3 Å². The molecule has 4 heteroatoms. The largest absolute Gasteiger partial charge is 0.351 e. The van der Waals surface area contributed by atoms with Gasteiger partial charge in [0.2, 0.25) is 0 Å². The minimum atomic E-state index is 0.700. The predicted molar refractivity (Wildman–Crippen MR) is 77.0 cm³/mol. The molecule has 0 amide bonds. The summed E-state index contributed by atoms with van der Waals surface area (Å²) >= 11 is 1.81. The predicted octanol–water partition coefficient (Wildman–Crippen LogP) is 3.04. The molecule has 3 nitrogen and oxygen atoms in total. The zero-order valence-corrected chi connectivity index (χ0v) is 12.5. The van der Waals surface area contributed by atoms with E-state index in [2.05, 4.69) is 49.9 Å². The highest BCUT2D eigenvalue weighted by Gasteiger charge is 2.10. The molecule has 0 spiro atoms. The van der Waals surface area contributed by atoms with Gasteiger partial charge in [-0.05, 0) is 25.8 Å². The van der Waals surface area contributed by atoms with Crippen molar-refractivity contribution in [3.8, 4) is 0 Å². The summed E-state index contributed by atoms with van der Waals surface area (Å²) in [5, 5.41) is 4.62. The SMILES string of the molecule is CCCN(C)c1nc(C)c(CNCC(C)C)s1. The van der Waals surface area contributed by atoms with Crippen LogP contribution in [0.3, 0.4) is 0 Å². The monoisotopic (exact) mass is 255 g/mol. The van der Waals surface area contributed by atoms with E-state index in [1.54, 1.807) is 0 Å². The summed E-state index contributed by atoms with van der Waals surface area (Å²) in [7, 11) is 2.12. The van der Waals surface area contributed by atoms with Gasteiger partial charge in [0.05, 0.1) is 5.69 Å². The van der Waals surface area contributed by atoms with Crippen LogP contribution in [0.2, 0.25) is 0 Å². The van der Waals surface area contributed by atoms with Crippen LogP contribution >= 0.6 is 11.3 Å². The summed E-state index contributed by atoms with van der Waals surface area (Å²) in [5.41, 5.74) is 1.17. The van der Waals surface area contributed by atoms with Crippen molar-refractivity contribution < 1.29 is 0 Å². The van der Waals surface area contributed by atoms with E-state index in [4.69, 9.17) is 0 Å².